The number of benzene rings is 1. The van der Waals surface area contributed by atoms with Gasteiger partial charge in [-0.1, -0.05) is 17.7 Å². The van der Waals surface area contributed by atoms with Crippen LogP contribution in [0.1, 0.15) is 11.1 Å². The van der Waals surface area contributed by atoms with Gasteiger partial charge >= 0.3 is 0 Å². The van der Waals surface area contributed by atoms with E-state index in [1.165, 1.54) is 0 Å². The smallest absolute Gasteiger partial charge is 0.148 e. The highest BCUT2D eigenvalue weighted by Crippen LogP contribution is 2.23. The minimum Gasteiger partial charge on any atom is -0.382 e. The number of nitrogens with zero attached hydrogens (tertiary/aromatic N) is 3. The van der Waals surface area contributed by atoms with Crippen molar-refractivity contribution in [3.8, 4) is 11.8 Å². The van der Waals surface area contributed by atoms with Gasteiger partial charge in [-0.05, 0) is 19.1 Å². The van der Waals surface area contributed by atoms with Crippen LogP contribution in [0.4, 0.5) is 5.82 Å². The summed E-state index contributed by atoms with van der Waals surface area (Å²) in [6, 6.07) is 7.27. The molecule has 0 atom stereocenters. The molecule has 0 aliphatic heterocycles. The third-order valence-corrected chi connectivity index (χ3v) is 2.60. The van der Waals surface area contributed by atoms with E-state index in [0.717, 1.165) is 5.56 Å². The first-order valence-electron chi connectivity index (χ1n) is 4.64. The highest BCUT2D eigenvalue weighted by atomic mass is 35.5. The number of anilines is 1. The molecular weight excluding hydrogens is 224 g/mol. The first kappa shape index (κ1) is 10.5. The second-order valence-corrected chi connectivity index (χ2v) is 3.79. The third-order valence-electron chi connectivity index (χ3n) is 2.29. The van der Waals surface area contributed by atoms with Crippen molar-refractivity contribution in [2.75, 3.05) is 5.73 Å². The molecule has 2 N–H and O–H groups in total. The Bertz CT molecular complexity index is 561. The molecule has 0 unspecified atom stereocenters. The Labute approximate surface area is 97.9 Å². The molecular formula is C11H9ClN4. The van der Waals surface area contributed by atoms with Gasteiger partial charge in [0.25, 0.3) is 0 Å². The standard InChI is InChI=1S/C11H9ClN4/c1-7-6-16(15-11(7)14)10-4-2-3-9(12)8(10)5-13/h2-4,6H,1H3,(H2,14,15). The molecule has 4 nitrogen and oxygen atoms in total. The summed E-state index contributed by atoms with van der Waals surface area (Å²) in [5.41, 5.74) is 7.55. The molecule has 16 heavy (non-hydrogen) atoms. The molecule has 0 spiro atoms. The lowest BCUT2D eigenvalue weighted by Crippen LogP contribution is -1.99. The highest BCUT2D eigenvalue weighted by molar-refractivity contribution is 6.32. The summed E-state index contributed by atoms with van der Waals surface area (Å²) in [4.78, 5) is 0. The number of halogens is 1. The Morgan fingerprint density at radius 3 is 2.81 bits per heavy atom. The number of nitrogen functional groups attached to an aromatic ring is 1. The van der Waals surface area contributed by atoms with Crippen LogP contribution in [0.2, 0.25) is 5.02 Å². The van der Waals surface area contributed by atoms with Crippen LogP contribution in [-0.2, 0) is 0 Å². The fourth-order valence-electron chi connectivity index (χ4n) is 1.41. The maximum atomic E-state index is 9.03. The molecule has 0 radical (unpaired) electrons. The maximum absolute atomic E-state index is 9.03. The van der Waals surface area contributed by atoms with E-state index in [0.29, 0.717) is 22.1 Å². The van der Waals surface area contributed by atoms with E-state index in [9.17, 15) is 0 Å². The van der Waals surface area contributed by atoms with Gasteiger partial charge in [-0.15, -0.1) is 0 Å². The Hall–Kier alpha value is -1.99. The van der Waals surface area contributed by atoms with Crippen molar-refractivity contribution < 1.29 is 0 Å². The normalized spacial score (nSPS) is 10.1. The minimum atomic E-state index is 0.395. The Balaban J connectivity index is 2.65. The Kier molecular flexibility index (Phi) is 2.55. The van der Waals surface area contributed by atoms with E-state index in [1.54, 1.807) is 29.1 Å². The van der Waals surface area contributed by atoms with Crippen molar-refractivity contribution in [1.29, 1.82) is 5.26 Å². The van der Waals surface area contributed by atoms with Crippen LogP contribution in [0.5, 0.6) is 0 Å². The van der Waals surface area contributed by atoms with Gasteiger partial charge in [-0.25, -0.2) is 4.68 Å². The summed E-state index contributed by atoms with van der Waals surface area (Å²) in [6.07, 6.45) is 1.77. The fraction of sp³-hybridized carbons (Fsp3) is 0.0909. The molecule has 0 amide bonds. The van der Waals surface area contributed by atoms with Gasteiger partial charge in [0.2, 0.25) is 0 Å². The largest absolute Gasteiger partial charge is 0.382 e. The molecule has 2 aromatic rings. The number of aryl methyl sites for hydroxylation is 1. The predicted molar refractivity (Wildman–Crippen MR) is 62.4 cm³/mol. The van der Waals surface area contributed by atoms with Crippen LogP contribution >= 0.6 is 11.6 Å². The number of hydrogen-bond acceptors (Lipinski definition) is 3. The van der Waals surface area contributed by atoms with Gasteiger partial charge in [0.05, 0.1) is 16.3 Å². The zero-order valence-corrected chi connectivity index (χ0v) is 9.36. The number of aromatic nitrogens is 2. The lowest BCUT2D eigenvalue weighted by atomic mass is 10.2. The van der Waals surface area contributed by atoms with Gasteiger partial charge in [-0.3, -0.25) is 0 Å². The lowest BCUT2D eigenvalue weighted by Gasteiger charge is -2.04. The molecule has 1 aromatic heterocycles. The van der Waals surface area contributed by atoms with Gasteiger partial charge < -0.3 is 5.73 Å². The summed E-state index contributed by atoms with van der Waals surface area (Å²) in [5.74, 6) is 0.448. The molecule has 0 fully saturated rings. The van der Waals surface area contributed by atoms with E-state index in [4.69, 9.17) is 22.6 Å². The molecule has 1 heterocycles. The van der Waals surface area contributed by atoms with Crippen LogP contribution in [-0.4, -0.2) is 9.78 Å². The van der Waals surface area contributed by atoms with Crippen molar-refractivity contribution in [3.05, 3.63) is 40.5 Å². The third kappa shape index (κ3) is 1.62. The van der Waals surface area contributed by atoms with Crippen molar-refractivity contribution in [3.63, 3.8) is 0 Å². The second-order valence-electron chi connectivity index (χ2n) is 3.39. The van der Waals surface area contributed by atoms with Gasteiger partial charge in [0, 0.05) is 11.8 Å². The number of nitrogens with two attached hydrogens (primary N) is 1. The first-order chi connectivity index (χ1) is 7.63. The zero-order valence-electron chi connectivity index (χ0n) is 8.61. The van der Waals surface area contributed by atoms with E-state index >= 15 is 0 Å². The summed E-state index contributed by atoms with van der Waals surface area (Å²) < 4.78 is 1.56. The highest BCUT2D eigenvalue weighted by Gasteiger charge is 2.10. The van der Waals surface area contributed by atoms with E-state index in [2.05, 4.69) is 11.2 Å². The molecule has 5 heteroatoms. The minimum absolute atomic E-state index is 0.395. The van der Waals surface area contributed by atoms with Gasteiger partial charge in [0.15, 0.2) is 0 Å². The monoisotopic (exact) mass is 232 g/mol. The lowest BCUT2D eigenvalue weighted by molar-refractivity contribution is 0.882. The SMILES string of the molecule is Cc1cn(-c2cccc(Cl)c2C#N)nc1N. The van der Waals surface area contributed by atoms with Crippen LogP contribution in [0, 0.1) is 18.3 Å². The topological polar surface area (TPSA) is 67.6 Å². The van der Waals surface area contributed by atoms with E-state index in [1.807, 2.05) is 6.92 Å². The quantitative estimate of drug-likeness (QED) is 0.820. The van der Waals surface area contributed by atoms with Crippen molar-refractivity contribution in [2.24, 2.45) is 0 Å². The van der Waals surface area contributed by atoms with Crippen LogP contribution < -0.4 is 5.73 Å². The molecule has 0 saturated heterocycles. The number of rotatable bonds is 1. The molecule has 1 aromatic carbocycles. The molecule has 0 saturated carbocycles. The fourth-order valence-corrected chi connectivity index (χ4v) is 1.62. The maximum Gasteiger partial charge on any atom is 0.148 e. The molecule has 0 aliphatic rings. The van der Waals surface area contributed by atoms with Crippen LogP contribution in [0.15, 0.2) is 24.4 Å². The number of nitriles is 1. The molecule has 80 valence electrons. The Morgan fingerprint density at radius 2 is 2.25 bits per heavy atom. The molecule has 2 rings (SSSR count). The molecule has 0 bridgehead atoms. The van der Waals surface area contributed by atoms with Crippen LogP contribution in [0.25, 0.3) is 5.69 Å². The van der Waals surface area contributed by atoms with Crippen molar-refractivity contribution in [1.82, 2.24) is 9.78 Å². The first-order valence-corrected chi connectivity index (χ1v) is 5.02. The average molecular weight is 233 g/mol. The number of hydrogen-bond donors (Lipinski definition) is 1. The summed E-state index contributed by atoms with van der Waals surface area (Å²) in [7, 11) is 0. The van der Waals surface area contributed by atoms with Crippen LogP contribution in [0.3, 0.4) is 0 Å². The summed E-state index contributed by atoms with van der Waals surface area (Å²) >= 11 is 5.93. The predicted octanol–water partition coefficient (Wildman–Crippen LogP) is 2.29. The van der Waals surface area contributed by atoms with Crippen molar-refractivity contribution in [2.45, 2.75) is 6.92 Å². The van der Waals surface area contributed by atoms with E-state index in [-0.39, 0.29) is 0 Å². The Morgan fingerprint density at radius 1 is 1.50 bits per heavy atom. The van der Waals surface area contributed by atoms with E-state index < -0.39 is 0 Å². The van der Waals surface area contributed by atoms with Crippen molar-refractivity contribution >= 4 is 17.4 Å². The van der Waals surface area contributed by atoms with Gasteiger partial charge in [-0.2, -0.15) is 10.4 Å². The summed E-state index contributed by atoms with van der Waals surface area (Å²) in [6.45, 7) is 1.86. The zero-order chi connectivity index (χ0) is 11.7. The summed E-state index contributed by atoms with van der Waals surface area (Å²) in [5, 5.41) is 13.6. The molecule has 0 aliphatic carbocycles. The van der Waals surface area contributed by atoms with Gasteiger partial charge in [0.1, 0.15) is 11.9 Å². The average Bonchev–Trinajstić information content (AvgIpc) is 2.59. The second kappa shape index (κ2) is 3.87.